The van der Waals surface area contributed by atoms with Crippen molar-refractivity contribution >= 4 is 21.9 Å². The fraction of sp³-hybridized carbons (Fsp3) is 0.222. The Morgan fingerprint density at radius 1 is 1.33 bits per heavy atom. The molecule has 6 heteroatoms. The van der Waals surface area contributed by atoms with E-state index in [4.69, 9.17) is 5.73 Å². The fourth-order valence-electron chi connectivity index (χ4n) is 1.20. The Hall–Kier alpha value is -1.43. The molecule has 2 aromatic rings. The lowest BCUT2D eigenvalue weighted by molar-refractivity contribution is 0.608. The molecule has 0 aliphatic rings. The van der Waals surface area contributed by atoms with E-state index in [0.717, 1.165) is 23.1 Å². The number of hydrogen-bond donors (Lipinski definition) is 1. The van der Waals surface area contributed by atoms with Gasteiger partial charge in [-0.3, -0.25) is 9.67 Å². The van der Waals surface area contributed by atoms with Crippen molar-refractivity contribution in [3.05, 3.63) is 34.8 Å². The first kappa shape index (κ1) is 10.1. The number of nitrogen functional groups attached to an aromatic ring is 1. The van der Waals surface area contributed by atoms with Crippen molar-refractivity contribution in [2.24, 2.45) is 0 Å². The lowest BCUT2D eigenvalue weighted by atomic mass is 10.3. The second-order valence-electron chi connectivity index (χ2n) is 3.08. The molecule has 0 saturated carbocycles. The number of aryl methyl sites for hydroxylation is 2. The summed E-state index contributed by atoms with van der Waals surface area (Å²) in [6.45, 7) is 0.735. The van der Waals surface area contributed by atoms with Crippen LogP contribution in [0.25, 0.3) is 0 Å². The number of hydrogen-bond acceptors (Lipinski definition) is 4. The predicted molar refractivity (Wildman–Crippen MR) is 60.1 cm³/mol. The Bertz CT molecular complexity index is 436. The average molecular weight is 268 g/mol. The molecule has 0 saturated heterocycles. The van der Waals surface area contributed by atoms with E-state index in [1.54, 1.807) is 17.2 Å². The number of pyridine rings is 1. The maximum absolute atomic E-state index is 5.40. The minimum absolute atomic E-state index is 0.304. The van der Waals surface area contributed by atoms with E-state index in [2.05, 4.69) is 31.0 Å². The monoisotopic (exact) mass is 267 g/mol. The van der Waals surface area contributed by atoms with Crippen molar-refractivity contribution in [1.82, 2.24) is 19.7 Å². The van der Waals surface area contributed by atoms with E-state index in [1.807, 2.05) is 12.1 Å². The second kappa shape index (κ2) is 4.39. The second-order valence-corrected chi connectivity index (χ2v) is 4.00. The molecule has 5 nitrogen and oxygen atoms in total. The zero-order valence-electron chi connectivity index (χ0n) is 7.97. The molecule has 0 fully saturated rings. The van der Waals surface area contributed by atoms with Crippen LogP contribution in [0.3, 0.4) is 0 Å². The van der Waals surface area contributed by atoms with Crippen molar-refractivity contribution in [1.29, 1.82) is 0 Å². The van der Waals surface area contributed by atoms with Gasteiger partial charge < -0.3 is 5.73 Å². The first-order valence-electron chi connectivity index (χ1n) is 4.49. The highest BCUT2D eigenvalue weighted by atomic mass is 79.9. The molecule has 78 valence electrons. The van der Waals surface area contributed by atoms with Crippen LogP contribution in [0.2, 0.25) is 0 Å². The van der Waals surface area contributed by atoms with Crippen molar-refractivity contribution in [2.75, 3.05) is 5.73 Å². The van der Waals surface area contributed by atoms with E-state index in [0.29, 0.717) is 5.95 Å². The van der Waals surface area contributed by atoms with Gasteiger partial charge in [0.2, 0.25) is 5.95 Å². The molecule has 2 aromatic heterocycles. The molecule has 0 spiro atoms. The largest absolute Gasteiger partial charge is 0.367 e. The van der Waals surface area contributed by atoms with Crippen LogP contribution < -0.4 is 5.73 Å². The van der Waals surface area contributed by atoms with Gasteiger partial charge in [-0.2, -0.15) is 0 Å². The molecule has 0 radical (unpaired) electrons. The highest BCUT2D eigenvalue weighted by Gasteiger charge is 1.98. The van der Waals surface area contributed by atoms with Crippen molar-refractivity contribution in [2.45, 2.75) is 13.0 Å². The summed E-state index contributed by atoms with van der Waals surface area (Å²) in [5.41, 5.74) is 6.42. The van der Waals surface area contributed by atoms with Gasteiger partial charge in [-0.15, -0.1) is 5.10 Å². The van der Waals surface area contributed by atoms with Gasteiger partial charge in [0, 0.05) is 29.3 Å². The molecule has 0 aliphatic heterocycles. The smallest absolute Gasteiger partial charge is 0.239 e. The molecule has 0 atom stereocenters. The van der Waals surface area contributed by atoms with Crippen LogP contribution in [0.4, 0.5) is 5.95 Å². The summed E-state index contributed by atoms with van der Waals surface area (Å²) in [6, 6.07) is 3.95. The van der Waals surface area contributed by atoms with Crippen molar-refractivity contribution in [3.8, 4) is 0 Å². The third-order valence-corrected chi connectivity index (χ3v) is 2.41. The summed E-state index contributed by atoms with van der Waals surface area (Å²) in [7, 11) is 0. The van der Waals surface area contributed by atoms with Gasteiger partial charge in [0.25, 0.3) is 0 Å². The van der Waals surface area contributed by atoms with E-state index in [1.165, 1.54) is 0 Å². The predicted octanol–water partition coefficient (Wildman–Crippen LogP) is 1.26. The zero-order chi connectivity index (χ0) is 10.7. The summed E-state index contributed by atoms with van der Waals surface area (Å²) < 4.78 is 2.69. The SMILES string of the molecule is Nc1ncn(CCc2ccc(Br)cn2)n1. The van der Waals surface area contributed by atoms with Gasteiger partial charge >= 0.3 is 0 Å². The molecule has 0 bridgehead atoms. The number of nitrogens with zero attached hydrogens (tertiary/aromatic N) is 4. The molecule has 2 rings (SSSR count). The number of halogens is 1. The first-order valence-corrected chi connectivity index (χ1v) is 5.29. The third kappa shape index (κ3) is 2.76. The third-order valence-electron chi connectivity index (χ3n) is 1.94. The Labute approximate surface area is 95.5 Å². The van der Waals surface area contributed by atoms with Crippen LogP contribution in [0.15, 0.2) is 29.1 Å². The molecular weight excluding hydrogens is 258 g/mol. The van der Waals surface area contributed by atoms with Gasteiger partial charge in [-0.25, -0.2) is 4.98 Å². The average Bonchev–Trinajstić information content (AvgIpc) is 2.64. The fourth-order valence-corrected chi connectivity index (χ4v) is 1.43. The summed E-state index contributed by atoms with van der Waals surface area (Å²) >= 11 is 3.34. The normalized spacial score (nSPS) is 10.5. The van der Waals surface area contributed by atoms with Gasteiger partial charge in [0.05, 0.1) is 0 Å². The maximum Gasteiger partial charge on any atom is 0.239 e. The molecular formula is C9H10BrN5. The highest BCUT2D eigenvalue weighted by molar-refractivity contribution is 9.10. The summed E-state index contributed by atoms with van der Waals surface area (Å²) in [5, 5.41) is 3.99. The Kier molecular flexibility index (Phi) is 2.96. The molecule has 2 heterocycles. The lowest BCUT2D eigenvalue weighted by Crippen LogP contribution is -2.03. The van der Waals surface area contributed by atoms with Crippen LogP contribution in [0.1, 0.15) is 5.69 Å². The molecule has 0 aromatic carbocycles. The van der Waals surface area contributed by atoms with Crippen LogP contribution in [0, 0.1) is 0 Å². The molecule has 0 aliphatic carbocycles. The number of anilines is 1. The molecule has 15 heavy (non-hydrogen) atoms. The van der Waals surface area contributed by atoms with Crippen molar-refractivity contribution < 1.29 is 0 Å². The summed E-state index contributed by atoms with van der Waals surface area (Å²) in [4.78, 5) is 8.11. The minimum Gasteiger partial charge on any atom is -0.367 e. The highest BCUT2D eigenvalue weighted by Crippen LogP contribution is 2.08. The van der Waals surface area contributed by atoms with Crippen molar-refractivity contribution in [3.63, 3.8) is 0 Å². The topological polar surface area (TPSA) is 69.6 Å². The van der Waals surface area contributed by atoms with Crippen LogP contribution in [-0.4, -0.2) is 19.7 Å². The van der Waals surface area contributed by atoms with Gasteiger partial charge in [0.15, 0.2) is 0 Å². The van der Waals surface area contributed by atoms with E-state index < -0.39 is 0 Å². The quantitative estimate of drug-likeness (QED) is 0.909. The van der Waals surface area contributed by atoms with Crippen LogP contribution in [0.5, 0.6) is 0 Å². The van der Waals surface area contributed by atoms with E-state index in [-0.39, 0.29) is 0 Å². The van der Waals surface area contributed by atoms with Gasteiger partial charge in [-0.1, -0.05) is 0 Å². The number of nitrogens with two attached hydrogens (primary N) is 1. The molecule has 2 N–H and O–H groups in total. The van der Waals surface area contributed by atoms with Gasteiger partial charge in [-0.05, 0) is 28.1 Å². The number of rotatable bonds is 3. The standard InChI is InChI=1S/C9H10BrN5/c10-7-1-2-8(12-5-7)3-4-15-6-13-9(11)14-15/h1-2,5-6H,3-4H2,(H2,11,14). The van der Waals surface area contributed by atoms with E-state index in [9.17, 15) is 0 Å². The van der Waals surface area contributed by atoms with Gasteiger partial charge in [0.1, 0.15) is 6.33 Å². The van der Waals surface area contributed by atoms with E-state index >= 15 is 0 Å². The lowest BCUT2D eigenvalue weighted by Gasteiger charge is -2.00. The Morgan fingerprint density at radius 3 is 2.80 bits per heavy atom. The Morgan fingerprint density at radius 2 is 2.20 bits per heavy atom. The number of aromatic nitrogens is 4. The maximum atomic E-state index is 5.40. The molecule has 0 unspecified atom stereocenters. The zero-order valence-corrected chi connectivity index (χ0v) is 9.55. The Balaban J connectivity index is 1.96. The summed E-state index contributed by atoms with van der Waals surface area (Å²) in [5.74, 6) is 0.304. The summed E-state index contributed by atoms with van der Waals surface area (Å²) in [6.07, 6.45) is 4.22. The minimum atomic E-state index is 0.304. The van der Waals surface area contributed by atoms with Crippen LogP contribution in [-0.2, 0) is 13.0 Å². The molecule has 0 amide bonds. The first-order chi connectivity index (χ1) is 7.24. The van der Waals surface area contributed by atoms with Crippen LogP contribution >= 0.6 is 15.9 Å².